The van der Waals surface area contributed by atoms with Gasteiger partial charge in [0.2, 0.25) is 5.91 Å². The van der Waals surface area contributed by atoms with Crippen LogP contribution in [0.25, 0.3) is 0 Å². The van der Waals surface area contributed by atoms with Crippen molar-refractivity contribution in [3.8, 4) is 0 Å². The second-order valence-corrected chi connectivity index (χ2v) is 10.9. The van der Waals surface area contributed by atoms with Crippen LogP contribution in [0.15, 0.2) is 30.3 Å². The molecule has 2 heterocycles. The second-order valence-electron chi connectivity index (χ2n) is 10.5. The van der Waals surface area contributed by atoms with Crippen molar-refractivity contribution in [1.82, 2.24) is 15.1 Å². The van der Waals surface area contributed by atoms with Gasteiger partial charge < -0.3 is 20.6 Å². The smallest absolute Gasteiger partial charge is 0.390 e. The number of aliphatic hydroxyl groups excluding tert-OH is 1. The van der Waals surface area contributed by atoms with E-state index in [1.54, 1.807) is 11.0 Å². The Kier molecular flexibility index (Phi) is 10.6. The van der Waals surface area contributed by atoms with Gasteiger partial charge in [0.15, 0.2) is 11.6 Å². The lowest BCUT2D eigenvalue weighted by molar-refractivity contribution is -0.138. The van der Waals surface area contributed by atoms with E-state index in [0.717, 1.165) is 6.07 Å². The molecule has 0 unspecified atom stereocenters. The van der Waals surface area contributed by atoms with E-state index in [2.05, 4.69) is 10.6 Å². The van der Waals surface area contributed by atoms with Crippen LogP contribution in [0.1, 0.15) is 35.2 Å². The summed E-state index contributed by atoms with van der Waals surface area (Å²) < 4.78 is 67.6. The van der Waals surface area contributed by atoms with Crippen molar-refractivity contribution in [2.45, 2.75) is 38.1 Å². The zero-order valence-electron chi connectivity index (χ0n) is 22.8. The standard InChI is InChI=1S/C28H33ClF5N5O3/c29-19-2-4-22(23(15-19)39-13-11-37(12-14-39)10-7-28(32,33)34)36-27(42)21-3-1-18(25(30)26(21)31)16-35-24(41)17-38-8-5-20(40)6-9-38/h1-4,15,20,40H,5-14,16-17H2,(H,35,41)(H,36,42). The number of aliphatic hydroxyl groups is 1. The van der Waals surface area contributed by atoms with Gasteiger partial charge >= 0.3 is 6.18 Å². The molecule has 14 heteroatoms. The molecule has 2 aromatic carbocycles. The van der Waals surface area contributed by atoms with Crippen molar-refractivity contribution in [1.29, 1.82) is 0 Å². The molecule has 0 saturated carbocycles. The Labute approximate surface area is 245 Å². The highest BCUT2D eigenvalue weighted by atomic mass is 35.5. The van der Waals surface area contributed by atoms with Crippen LogP contribution in [-0.2, 0) is 11.3 Å². The van der Waals surface area contributed by atoms with E-state index < -0.39 is 35.7 Å². The minimum atomic E-state index is -4.23. The van der Waals surface area contributed by atoms with E-state index in [1.165, 1.54) is 18.2 Å². The number of nitrogens with one attached hydrogen (secondary N) is 2. The monoisotopic (exact) mass is 617 g/mol. The maximum Gasteiger partial charge on any atom is 0.390 e. The first-order valence-electron chi connectivity index (χ1n) is 13.7. The fourth-order valence-electron chi connectivity index (χ4n) is 4.99. The van der Waals surface area contributed by atoms with Gasteiger partial charge in [0.1, 0.15) is 0 Å². The highest BCUT2D eigenvalue weighted by Crippen LogP contribution is 2.31. The summed E-state index contributed by atoms with van der Waals surface area (Å²) in [6, 6.07) is 7.00. The summed E-state index contributed by atoms with van der Waals surface area (Å²) in [5.41, 5.74) is 0.138. The van der Waals surface area contributed by atoms with Crippen LogP contribution in [0, 0.1) is 11.6 Å². The molecule has 2 amide bonds. The van der Waals surface area contributed by atoms with Gasteiger partial charge in [0.05, 0.1) is 36.0 Å². The summed E-state index contributed by atoms with van der Waals surface area (Å²) in [6.07, 6.45) is -4.38. The van der Waals surface area contributed by atoms with Crippen LogP contribution < -0.4 is 15.5 Å². The zero-order chi connectivity index (χ0) is 30.4. The largest absolute Gasteiger partial charge is 0.393 e. The molecule has 0 radical (unpaired) electrons. The molecule has 2 saturated heterocycles. The van der Waals surface area contributed by atoms with Crippen LogP contribution in [0.5, 0.6) is 0 Å². The molecule has 0 spiro atoms. The molecule has 8 nitrogen and oxygen atoms in total. The second kappa shape index (κ2) is 14.0. The Hall–Kier alpha value is -3.00. The van der Waals surface area contributed by atoms with Crippen molar-refractivity contribution >= 4 is 34.8 Å². The fraction of sp³-hybridized carbons (Fsp3) is 0.500. The number of halogens is 6. The van der Waals surface area contributed by atoms with Crippen LogP contribution in [0.4, 0.5) is 33.3 Å². The highest BCUT2D eigenvalue weighted by molar-refractivity contribution is 6.31. The zero-order valence-corrected chi connectivity index (χ0v) is 23.6. The molecule has 0 atom stereocenters. The van der Waals surface area contributed by atoms with E-state index >= 15 is 0 Å². The van der Waals surface area contributed by atoms with Crippen molar-refractivity contribution in [3.05, 3.63) is 58.1 Å². The third-order valence-electron chi connectivity index (χ3n) is 7.44. The van der Waals surface area contributed by atoms with Gasteiger partial charge in [-0.25, -0.2) is 8.78 Å². The molecular formula is C28H33ClF5N5O3. The van der Waals surface area contributed by atoms with Crippen molar-refractivity contribution < 1.29 is 36.6 Å². The molecule has 2 aliphatic rings. The number of piperazine rings is 1. The summed E-state index contributed by atoms with van der Waals surface area (Å²) in [5.74, 6) is -3.89. The molecule has 4 rings (SSSR count). The van der Waals surface area contributed by atoms with Crippen LogP contribution >= 0.6 is 11.6 Å². The maximum absolute atomic E-state index is 15.0. The number of carbonyl (C=O) groups excluding carboxylic acids is 2. The molecule has 0 bridgehead atoms. The van der Waals surface area contributed by atoms with Crippen LogP contribution in [0.2, 0.25) is 5.02 Å². The Balaban J connectivity index is 1.36. The summed E-state index contributed by atoms with van der Waals surface area (Å²) in [4.78, 5) is 30.7. The normalized spacial score (nSPS) is 17.4. The first kappa shape index (κ1) is 31.9. The summed E-state index contributed by atoms with van der Waals surface area (Å²) >= 11 is 6.17. The van der Waals surface area contributed by atoms with E-state index in [1.807, 2.05) is 9.80 Å². The summed E-state index contributed by atoms with van der Waals surface area (Å²) in [5, 5.41) is 15.1. The lowest BCUT2D eigenvalue weighted by Crippen LogP contribution is -2.47. The summed E-state index contributed by atoms with van der Waals surface area (Å²) in [6.45, 7) is 2.33. The van der Waals surface area contributed by atoms with Crippen LogP contribution in [-0.4, -0.2) is 91.4 Å². The van der Waals surface area contributed by atoms with E-state index in [0.29, 0.717) is 62.8 Å². The predicted octanol–water partition coefficient (Wildman–Crippen LogP) is 4.02. The average Bonchev–Trinajstić information content (AvgIpc) is 2.95. The van der Waals surface area contributed by atoms with E-state index in [-0.39, 0.29) is 42.9 Å². The molecule has 2 aromatic rings. The molecule has 42 heavy (non-hydrogen) atoms. The van der Waals surface area contributed by atoms with Gasteiger partial charge in [-0.2, -0.15) is 13.2 Å². The minimum Gasteiger partial charge on any atom is -0.393 e. The minimum absolute atomic E-state index is 0.0728. The molecule has 230 valence electrons. The van der Waals surface area contributed by atoms with Gasteiger partial charge in [0, 0.05) is 62.9 Å². The number of likely N-dealkylation sites (tertiary alicyclic amines) is 1. The van der Waals surface area contributed by atoms with Crippen molar-refractivity contribution in [2.24, 2.45) is 0 Å². The Morgan fingerprint density at radius 2 is 1.64 bits per heavy atom. The van der Waals surface area contributed by atoms with Crippen LogP contribution in [0.3, 0.4) is 0 Å². The Bertz CT molecular complexity index is 1270. The van der Waals surface area contributed by atoms with Gasteiger partial charge in [-0.1, -0.05) is 17.7 Å². The number of nitrogens with zero attached hydrogens (tertiary/aromatic N) is 3. The lowest BCUT2D eigenvalue weighted by Gasteiger charge is -2.37. The third-order valence-corrected chi connectivity index (χ3v) is 7.67. The molecular weight excluding hydrogens is 585 g/mol. The fourth-order valence-corrected chi connectivity index (χ4v) is 5.16. The quantitative estimate of drug-likeness (QED) is 0.369. The maximum atomic E-state index is 15.0. The first-order chi connectivity index (χ1) is 19.9. The number of alkyl halides is 3. The molecule has 3 N–H and O–H groups in total. The van der Waals surface area contributed by atoms with Crippen molar-refractivity contribution in [2.75, 3.05) is 62.6 Å². The van der Waals surface area contributed by atoms with E-state index in [9.17, 15) is 36.6 Å². The van der Waals surface area contributed by atoms with Gasteiger partial charge in [0.25, 0.3) is 5.91 Å². The highest BCUT2D eigenvalue weighted by Gasteiger charge is 2.29. The Morgan fingerprint density at radius 3 is 2.31 bits per heavy atom. The number of anilines is 2. The summed E-state index contributed by atoms with van der Waals surface area (Å²) in [7, 11) is 0. The van der Waals surface area contributed by atoms with Gasteiger partial charge in [-0.15, -0.1) is 0 Å². The third kappa shape index (κ3) is 8.76. The number of piperidine rings is 1. The van der Waals surface area contributed by atoms with Gasteiger partial charge in [-0.05, 0) is 37.1 Å². The number of amides is 2. The van der Waals surface area contributed by atoms with E-state index in [4.69, 9.17) is 11.6 Å². The molecule has 0 aliphatic carbocycles. The number of rotatable bonds is 9. The topological polar surface area (TPSA) is 88.2 Å². The predicted molar refractivity (Wildman–Crippen MR) is 149 cm³/mol. The Morgan fingerprint density at radius 1 is 0.952 bits per heavy atom. The number of benzene rings is 2. The molecule has 2 aliphatic heterocycles. The van der Waals surface area contributed by atoms with Gasteiger partial charge in [-0.3, -0.25) is 19.4 Å². The number of carbonyl (C=O) groups is 2. The molecule has 0 aromatic heterocycles. The SMILES string of the molecule is O=C(CN1CCC(O)CC1)NCc1ccc(C(=O)Nc2ccc(Cl)cc2N2CCN(CCC(F)(F)F)CC2)c(F)c1F. The first-order valence-corrected chi connectivity index (χ1v) is 14.1. The molecule has 2 fully saturated rings. The number of hydrogen-bond donors (Lipinski definition) is 3. The number of hydrogen-bond acceptors (Lipinski definition) is 6. The lowest BCUT2D eigenvalue weighted by atomic mass is 10.1. The average molecular weight is 618 g/mol. The van der Waals surface area contributed by atoms with Crippen molar-refractivity contribution in [3.63, 3.8) is 0 Å².